The maximum Gasteiger partial charge on any atom is 0.344 e. The van der Waals surface area contributed by atoms with E-state index in [1.807, 2.05) is 13.8 Å². The fraction of sp³-hybridized carbons (Fsp3) is 0.647. The van der Waals surface area contributed by atoms with E-state index in [1.165, 1.54) is 21.5 Å². The number of hydrogen-bond donors (Lipinski definition) is 1. The Labute approximate surface area is 153 Å². The fourth-order valence-electron chi connectivity index (χ4n) is 4.19. The van der Waals surface area contributed by atoms with Crippen LogP contribution in [0.25, 0.3) is 0 Å². The molecule has 0 radical (unpaired) electrons. The third-order valence-corrected chi connectivity index (χ3v) is 6.88. The van der Waals surface area contributed by atoms with Crippen LogP contribution in [0.2, 0.25) is 0 Å². The van der Waals surface area contributed by atoms with E-state index < -0.39 is 29.5 Å². The molecule has 0 aromatic carbocycles. The first-order valence-electron chi connectivity index (χ1n) is 8.49. The molecule has 2 saturated heterocycles. The van der Waals surface area contributed by atoms with Crippen molar-refractivity contribution in [1.29, 1.82) is 0 Å². The first-order chi connectivity index (χ1) is 12.1. The molecule has 1 N–H and O–H groups in total. The molecule has 9 heteroatoms. The maximum atomic E-state index is 15.4. The number of hydrogen-bond acceptors (Lipinski definition) is 5. The fourth-order valence-corrected chi connectivity index (χ4v) is 4.78. The van der Waals surface area contributed by atoms with Crippen molar-refractivity contribution in [3.05, 3.63) is 16.6 Å². The number of carboxylic acid groups (broad SMARTS) is 1. The van der Waals surface area contributed by atoms with Gasteiger partial charge in [-0.3, -0.25) is 14.6 Å². The largest absolute Gasteiger partial charge is 0.479 e. The minimum atomic E-state index is -2.55. The van der Waals surface area contributed by atoms with Gasteiger partial charge in [0.15, 0.2) is 0 Å². The highest BCUT2D eigenvalue weighted by Gasteiger charge is 2.71. The van der Waals surface area contributed by atoms with E-state index in [1.54, 1.807) is 0 Å². The van der Waals surface area contributed by atoms with Gasteiger partial charge < -0.3 is 14.9 Å². The van der Waals surface area contributed by atoms with Crippen LogP contribution in [0.15, 0.2) is 11.7 Å². The second-order valence-corrected chi connectivity index (χ2v) is 9.24. The number of aromatic nitrogens is 1. The lowest BCUT2D eigenvalue weighted by molar-refractivity contribution is -0.174. The van der Waals surface area contributed by atoms with Gasteiger partial charge in [-0.15, -0.1) is 11.3 Å². The molecule has 3 aliphatic rings. The topological polar surface area (TPSA) is 90.8 Å². The van der Waals surface area contributed by atoms with Crippen LogP contribution in [0.5, 0.6) is 0 Å². The van der Waals surface area contributed by atoms with Gasteiger partial charge in [-0.25, -0.2) is 9.18 Å². The molecule has 3 fully saturated rings. The molecule has 1 saturated carbocycles. The van der Waals surface area contributed by atoms with Gasteiger partial charge in [0, 0.05) is 25.6 Å². The van der Waals surface area contributed by atoms with E-state index >= 15 is 4.39 Å². The molecule has 2 atom stereocenters. The molecule has 1 spiro atoms. The third kappa shape index (κ3) is 2.29. The SMILES string of the molecule is CC1(C)C[C@@H]1C(=O)N1CC2(CN(C(=O)c3cncs3)CC2(F)C(=O)O)C1. The van der Waals surface area contributed by atoms with Gasteiger partial charge in [0.05, 0.1) is 23.7 Å². The number of carbonyl (C=O) groups is 3. The molecule has 1 unspecified atom stereocenters. The summed E-state index contributed by atoms with van der Waals surface area (Å²) in [5.41, 5.74) is -2.33. The van der Waals surface area contributed by atoms with Crippen molar-refractivity contribution in [2.24, 2.45) is 16.7 Å². The average Bonchev–Trinajstić information content (AvgIpc) is 2.95. The highest BCUT2D eigenvalue weighted by atomic mass is 32.1. The lowest BCUT2D eigenvalue weighted by Gasteiger charge is -2.51. The predicted octanol–water partition coefficient (Wildman–Crippen LogP) is 1.27. The van der Waals surface area contributed by atoms with Crippen LogP contribution in [0.1, 0.15) is 29.9 Å². The van der Waals surface area contributed by atoms with Crippen molar-refractivity contribution in [2.45, 2.75) is 25.9 Å². The second-order valence-electron chi connectivity index (χ2n) is 8.35. The molecule has 3 heterocycles. The van der Waals surface area contributed by atoms with Crippen molar-refractivity contribution >= 4 is 29.1 Å². The van der Waals surface area contributed by atoms with Gasteiger partial charge in [0.25, 0.3) is 5.91 Å². The molecule has 0 bridgehead atoms. The summed E-state index contributed by atoms with van der Waals surface area (Å²) in [5.74, 6) is -2.10. The Morgan fingerprint density at radius 2 is 1.85 bits per heavy atom. The smallest absolute Gasteiger partial charge is 0.344 e. The Balaban J connectivity index is 1.53. The summed E-state index contributed by atoms with van der Waals surface area (Å²) in [6.45, 7) is 3.57. The number of carbonyl (C=O) groups excluding carboxylic acids is 2. The van der Waals surface area contributed by atoms with Crippen molar-refractivity contribution in [3.63, 3.8) is 0 Å². The Bertz CT molecular complexity index is 790. The van der Waals surface area contributed by atoms with Crippen molar-refractivity contribution in [3.8, 4) is 0 Å². The van der Waals surface area contributed by atoms with Crippen LogP contribution in [0, 0.1) is 16.7 Å². The summed E-state index contributed by atoms with van der Waals surface area (Å²) in [6.07, 6.45) is 2.19. The zero-order valence-corrected chi connectivity index (χ0v) is 15.4. The van der Waals surface area contributed by atoms with Gasteiger partial charge in [-0.2, -0.15) is 0 Å². The summed E-state index contributed by atoms with van der Waals surface area (Å²) >= 11 is 1.13. The second kappa shape index (κ2) is 5.25. The van der Waals surface area contributed by atoms with E-state index in [9.17, 15) is 19.5 Å². The summed E-state index contributed by atoms with van der Waals surface area (Å²) < 4.78 is 15.4. The number of nitrogens with zero attached hydrogens (tertiary/aromatic N) is 3. The zero-order chi connectivity index (χ0) is 18.9. The monoisotopic (exact) mass is 381 g/mol. The molecule has 1 aromatic rings. The van der Waals surface area contributed by atoms with Gasteiger partial charge in [-0.1, -0.05) is 13.8 Å². The van der Waals surface area contributed by atoms with Crippen LogP contribution in [-0.2, 0) is 9.59 Å². The lowest BCUT2D eigenvalue weighted by atomic mass is 9.69. The van der Waals surface area contributed by atoms with E-state index in [0.717, 1.165) is 17.8 Å². The number of likely N-dealkylation sites (tertiary alicyclic amines) is 2. The maximum absolute atomic E-state index is 15.4. The number of aliphatic carboxylic acids is 1. The molecule has 2 aliphatic heterocycles. The Hall–Kier alpha value is -2.03. The highest BCUT2D eigenvalue weighted by Crippen LogP contribution is 2.55. The Morgan fingerprint density at radius 1 is 1.23 bits per heavy atom. The van der Waals surface area contributed by atoms with Gasteiger partial charge in [-0.05, 0) is 11.8 Å². The van der Waals surface area contributed by atoms with Crippen molar-refractivity contribution < 1.29 is 23.9 Å². The molecular formula is C17H20FN3O4S. The van der Waals surface area contributed by atoms with Crippen molar-refractivity contribution in [1.82, 2.24) is 14.8 Å². The molecular weight excluding hydrogens is 361 g/mol. The quantitative estimate of drug-likeness (QED) is 0.851. The first-order valence-corrected chi connectivity index (χ1v) is 9.37. The first kappa shape index (κ1) is 17.4. The van der Waals surface area contributed by atoms with Crippen molar-refractivity contribution in [2.75, 3.05) is 26.2 Å². The molecule has 7 nitrogen and oxygen atoms in total. The molecule has 1 aromatic heterocycles. The molecule has 26 heavy (non-hydrogen) atoms. The molecule has 140 valence electrons. The molecule has 4 rings (SSSR count). The summed E-state index contributed by atoms with van der Waals surface area (Å²) in [5, 5.41) is 9.51. The number of carboxylic acids is 1. The zero-order valence-electron chi connectivity index (χ0n) is 14.6. The van der Waals surface area contributed by atoms with Crippen LogP contribution in [-0.4, -0.2) is 69.5 Å². The number of thiazole rings is 1. The highest BCUT2D eigenvalue weighted by molar-refractivity contribution is 7.11. The van der Waals surface area contributed by atoms with Crippen LogP contribution < -0.4 is 0 Å². The summed E-state index contributed by atoms with van der Waals surface area (Å²) in [6, 6.07) is 0. The van der Waals surface area contributed by atoms with Crippen LogP contribution in [0.4, 0.5) is 4.39 Å². The van der Waals surface area contributed by atoms with E-state index in [4.69, 9.17) is 0 Å². The van der Waals surface area contributed by atoms with E-state index in [2.05, 4.69) is 4.98 Å². The number of alkyl halides is 1. The minimum Gasteiger partial charge on any atom is -0.479 e. The molecule has 1 aliphatic carbocycles. The standard InChI is InChI=1S/C17H20FN3O4S/c1-15(2)3-10(15)12(22)20-5-16(6-20)7-21(8-17(16,18)14(24)25)13(23)11-4-19-9-26-11/h4,9-10H,3,5-8H2,1-2H3,(H,24,25)/t10-,17?/m1/s1. The third-order valence-electron chi connectivity index (χ3n) is 6.12. The van der Waals surface area contributed by atoms with Crippen LogP contribution in [0.3, 0.4) is 0 Å². The number of halogens is 1. The lowest BCUT2D eigenvalue weighted by Crippen LogP contribution is -2.69. The van der Waals surface area contributed by atoms with Gasteiger partial charge in [0.2, 0.25) is 11.6 Å². The predicted molar refractivity (Wildman–Crippen MR) is 90.4 cm³/mol. The van der Waals surface area contributed by atoms with Gasteiger partial charge in [0.1, 0.15) is 4.88 Å². The van der Waals surface area contributed by atoms with E-state index in [0.29, 0.717) is 4.88 Å². The summed E-state index contributed by atoms with van der Waals surface area (Å²) in [7, 11) is 0. The number of rotatable bonds is 3. The Morgan fingerprint density at radius 3 is 2.35 bits per heavy atom. The minimum absolute atomic E-state index is 0.00955. The van der Waals surface area contributed by atoms with Crippen LogP contribution >= 0.6 is 11.3 Å². The average molecular weight is 381 g/mol. The summed E-state index contributed by atoms with van der Waals surface area (Å²) in [4.78, 5) is 43.7. The Kier molecular flexibility index (Phi) is 3.51. The van der Waals surface area contributed by atoms with Gasteiger partial charge >= 0.3 is 5.97 Å². The molecule has 2 amide bonds. The number of amides is 2. The van der Waals surface area contributed by atoms with E-state index in [-0.39, 0.29) is 36.9 Å². The normalized spacial score (nSPS) is 31.0.